The second-order valence-corrected chi connectivity index (χ2v) is 8.35. The van der Waals surface area contributed by atoms with E-state index in [0.29, 0.717) is 22.9 Å². The number of anilines is 1. The van der Waals surface area contributed by atoms with Crippen LogP contribution in [0.1, 0.15) is 21.5 Å². The summed E-state index contributed by atoms with van der Waals surface area (Å²) in [5.41, 5.74) is 3.26. The van der Waals surface area contributed by atoms with E-state index in [-0.39, 0.29) is 11.0 Å². The fourth-order valence-electron chi connectivity index (χ4n) is 2.78. The number of nitrogens with one attached hydrogen (secondary N) is 2. The molecule has 0 aliphatic heterocycles. The number of hydrogen-bond acceptors (Lipinski definition) is 3. The zero-order chi connectivity index (χ0) is 21.5. The minimum atomic E-state index is -0.358. The van der Waals surface area contributed by atoms with Gasteiger partial charge in [0.1, 0.15) is 5.75 Å². The molecule has 0 heterocycles. The summed E-state index contributed by atoms with van der Waals surface area (Å²) in [7, 11) is 0. The summed E-state index contributed by atoms with van der Waals surface area (Å²) in [6.07, 6.45) is 0.742. The smallest absolute Gasteiger partial charge is 0.261 e. The summed E-state index contributed by atoms with van der Waals surface area (Å²) < 4.78 is 6.66. The van der Waals surface area contributed by atoms with Gasteiger partial charge in [0.2, 0.25) is 0 Å². The number of carbonyl (C=O) groups is 1. The van der Waals surface area contributed by atoms with Crippen LogP contribution < -0.4 is 15.4 Å². The average Bonchev–Trinajstić information content (AvgIpc) is 2.72. The van der Waals surface area contributed by atoms with Crippen LogP contribution in [0.3, 0.4) is 0 Å². The Hall–Kier alpha value is -2.41. The molecule has 0 aromatic heterocycles. The first-order valence-electron chi connectivity index (χ1n) is 9.27. The molecular weight excluding hydrogens is 484 g/mol. The summed E-state index contributed by atoms with van der Waals surface area (Å²) >= 11 is 14.8. The third kappa shape index (κ3) is 6.29. The van der Waals surface area contributed by atoms with E-state index >= 15 is 0 Å². The Morgan fingerprint density at radius 3 is 2.63 bits per heavy atom. The Labute approximate surface area is 194 Å². The molecule has 0 aliphatic carbocycles. The highest BCUT2D eigenvalue weighted by Gasteiger charge is 2.15. The molecule has 0 aliphatic rings. The molecule has 3 rings (SSSR count). The standard InChI is InChI=1S/C23H20BrClN2O2S/c1-15-7-9-18(25)14-20(15)26-23(30)27-22(28)19-13-17(24)8-10-21(19)29-12-11-16-5-3-2-4-6-16/h2-10,13-14H,11-12H2,1H3,(H2,26,27,28,30). The van der Waals surface area contributed by atoms with Gasteiger partial charge < -0.3 is 10.1 Å². The lowest BCUT2D eigenvalue weighted by Crippen LogP contribution is -2.34. The number of thiocarbonyl (C=S) groups is 1. The van der Waals surface area contributed by atoms with Crippen molar-refractivity contribution in [1.82, 2.24) is 5.32 Å². The second kappa shape index (κ2) is 10.6. The summed E-state index contributed by atoms with van der Waals surface area (Å²) in [4.78, 5) is 12.8. The number of benzene rings is 3. The summed E-state index contributed by atoms with van der Waals surface area (Å²) in [5, 5.41) is 6.48. The maximum atomic E-state index is 12.8. The van der Waals surface area contributed by atoms with Crippen LogP contribution in [0.2, 0.25) is 5.02 Å². The van der Waals surface area contributed by atoms with Crippen molar-refractivity contribution in [2.75, 3.05) is 11.9 Å². The molecule has 0 fully saturated rings. The molecule has 4 nitrogen and oxygen atoms in total. The first-order valence-corrected chi connectivity index (χ1v) is 10.8. The molecule has 0 bridgehead atoms. The van der Waals surface area contributed by atoms with Crippen molar-refractivity contribution in [3.63, 3.8) is 0 Å². The van der Waals surface area contributed by atoms with Gasteiger partial charge in [0.15, 0.2) is 5.11 Å². The zero-order valence-electron chi connectivity index (χ0n) is 16.2. The minimum absolute atomic E-state index is 0.181. The predicted octanol–water partition coefficient (Wildman–Crippen LogP) is 6.16. The van der Waals surface area contributed by atoms with Gasteiger partial charge in [-0.2, -0.15) is 0 Å². The summed E-state index contributed by atoms with van der Waals surface area (Å²) in [5.74, 6) is 0.136. The Bertz CT molecular complexity index is 1060. The summed E-state index contributed by atoms with van der Waals surface area (Å²) in [6.45, 7) is 2.38. The van der Waals surface area contributed by atoms with Crippen LogP contribution in [0.4, 0.5) is 5.69 Å². The van der Waals surface area contributed by atoms with Crippen molar-refractivity contribution >= 4 is 56.5 Å². The molecule has 30 heavy (non-hydrogen) atoms. The highest BCUT2D eigenvalue weighted by Crippen LogP contribution is 2.24. The number of ether oxygens (including phenoxy) is 1. The van der Waals surface area contributed by atoms with Gasteiger partial charge in [-0.3, -0.25) is 10.1 Å². The van der Waals surface area contributed by atoms with Gasteiger partial charge in [0.25, 0.3) is 5.91 Å². The molecule has 0 unspecified atom stereocenters. The lowest BCUT2D eigenvalue weighted by molar-refractivity contribution is 0.0973. The van der Waals surface area contributed by atoms with Crippen LogP contribution in [-0.4, -0.2) is 17.6 Å². The predicted molar refractivity (Wildman–Crippen MR) is 130 cm³/mol. The van der Waals surface area contributed by atoms with Crippen molar-refractivity contribution in [3.05, 3.63) is 92.9 Å². The maximum absolute atomic E-state index is 12.8. The normalized spacial score (nSPS) is 10.4. The van der Waals surface area contributed by atoms with Gasteiger partial charge in [-0.25, -0.2) is 0 Å². The maximum Gasteiger partial charge on any atom is 0.261 e. The van der Waals surface area contributed by atoms with E-state index in [1.807, 2.05) is 49.4 Å². The fraction of sp³-hybridized carbons (Fsp3) is 0.130. The molecule has 7 heteroatoms. The molecule has 0 saturated carbocycles. The molecule has 0 spiro atoms. The topological polar surface area (TPSA) is 50.4 Å². The number of hydrogen-bond donors (Lipinski definition) is 2. The first kappa shape index (κ1) is 22.3. The molecule has 0 radical (unpaired) electrons. The fourth-order valence-corrected chi connectivity index (χ4v) is 3.52. The van der Waals surface area contributed by atoms with Crippen LogP contribution in [0.5, 0.6) is 5.75 Å². The monoisotopic (exact) mass is 502 g/mol. The number of aryl methyl sites for hydroxylation is 1. The Morgan fingerprint density at radius 1 is 1.10 bits per heavy atom. The molecule has 0 atom stereocenters. The van der Waals surface area contributed by atoms with Crippen molar-refractivity contribution < 1.29 is 9.53 Å². The molecular formula is C23H20BrClN2O2S. The highest BCUT2D eigenvalue weighted by atomic mass is 79.9. The third-order valence-electron chi connectivity index (χ3n) is 4.35. The lowest BCUT2D eigenvalue weighted by atomic mass is 10.1. The van der Waals surface area contributed by atoms with Crippen LogP contribution >= 0.6 is 39.7 Å². The van der Waals surface area contributed by atoms with Gasteiger partial charge in [0.05, 0.1) is 12.2 Å². The van der Waals surface area contributed by atoms with E-state index in [1.165, 1.54) is 5.56 Å². The Morgan fingerprint density at radius 2 is 1.87 bits per heavy atom. The average molecular weight is 504 g/mol. The quantitative estimate of drug-likeness (QED) is 0.396. The number of carbonyl (C=O) groups excluding carboxylic acids is 1. The molecule has 3 aromatic carbocycles. The van der Waals surface area contributed by atoms with Crippen LogP contribution in [0, 0.1) is 6.92 Å². The van der Waals surface area contributed by atoms with Crippen molar-refractivity contribution in [1.29, 1.82) is 0 Å². The van der Waals surface area contributed by atoms with Crippen molar-refractivity contribution in [2.24, 2.45) is 0 Å². The van der Waals surface area contributed by atoms with E-state index < -0.39 is 0 Å². The number of amides is 1. The first-order chi connectivity index (χ1) is 14.4. The molecule has 154 valence electrons. The lowest BCUT2D eigenvalue weighted by Gasteiger charge is -2.14. The van der Waals surface area contributed by atoms with Crippen molar-refractivity contribution in [3.8, 4) is 5.75 Å². The van der Waals surface area contributed by atoms with E-state index in [1.54, 1.807) is 24.3 Å². The van der Waals surface area contributed by atoms with Crippen molar-refractivity contribution in [2.45, 2.75) is 13.3 Å². The largest absolute Gasteiger partial charge is 0.492 e. The number of halogens is 2. The van der Waals surface area contributed by atoms with Crippen LogP contribution in [0.15, 0.2) is 71.2 Å². The van der Waals surface area contributed by atoms with E-state index in [2.05, 4.69) is 26.6 Å². The van der Waals surface area contributed by atoms with Gasteiger partial charge >= 0.3 is 0 Å². The molecule has 2 N–H and O–H groups in total. The van der Waals surface area contributed by atoms with E-state index in [4.69, 9.17) is 28.6 Å². The van der Waals surface area contributed by atoms with Gasteiger partial charge in [-0.05, 0) is 60.6 Å². The van der Waals surface area contributed by atoms with Crippen LogP contribution in [0.25, 0.3) is 0 Å². The molecule has 0 saturated heterocycles. The zero-order valence-corrected chi connectivity index (χ0v) is 19.4. The van der Waals surface area contributed by atoms with Gasteiger partial charge in [0, 0.05) is 21.6 Å². The second-order valence-electron chi connectivity index (χ2n) is 6.59. The summed E-state index contributed by atoms with van der Waals surface area (Å²) in [6, 6.07) is 20.8. The molecule has 1 amide bonds. The minimum Gasteiger partial charge on any atom is -0.492 e. The Balaban J connectivity index is 1.66. The SMILES string of the molecule is Cc1ccc(Cl)cc1NC(=S)NC(=O)c1cc(Br)ccc1OCCc1ccccc1. The Kier molecular flexibility index (Phi) is 7.85. The highest BCUT2D eigenvalue weighted by molar-refractivity contribution is 9.10. The van der Waals surface area contributed by atoms with Gasteiger partial charge in [-0.1, -0.05) is 63.9 Å². The van der Waals surface area contributed by atoms with E-state index in [0.717, 1.165) is 22.1 Å². The third-order valence-corrected chi connectivity index (χ3v) is 5.28. The molecule has 3 aromatic rings. The van der Waals surface area contributed by atoms with E-state index in [9.17, 15) is 4.79 Å². The van der Waals surface area contributed by atoms with Crippen LogP contribution in [-0.2, 0) is 6.42 Å². The number of rotatable bonds is 6. The van der Waals surface area contributed by atoms with Gasteiger partial charge in [-0.15, -0.1) is 0 Å².